The van der Waals surface area contributed by atoms with E-state index in [1.807, 2.05) is 56.3 Å². The molecular weight excluding hydrogens is 554 g/mol. The van der Waals surface area contributed by atoms with E-state index in [4.69, 9.17) is 11.2 Å². The number of hydrogen-bond donors (Lipinski definition) is 3. The van der Waals surface area contributed by atoms with Crippen LogP contribution in [0.2, 0.25) is 0 Å². The third-order valence-electron chi connectivity index (χ3n) is 7.21. The summed E-state index contributed by atoms with van der Waals surface area (Å²) in [6, 6.07) is 25.1. The van der Waals surface area contributed by atoms with Gasteiger partial charge in [-0.25, -0.2) is 4.79 Å². The maximum Gasteiger partial charge on any atom is 0.408 e. The highest BCUT2D eigenvalue weighted by molar-refractivity contribution is 6.01. The molecule has 3 N–H and O–H groups in total. The van der Waals surface area contributed by atoms with E-state index in [0.29, 0.717) is 16.8 Å². The quantitative estimate of drug-likeness (QED) is 0.162. The lowest BCUT2D eigenvalue weighted by molar-refractivity contribution is -0.136. The Labute approximate surface area is 258 Å². The van der Waals surface area contributed by atoms with Crippen molar-refractivity contribution in [2.75, 3.05) is 5.32 Å². The molecule has 44 heavy (non-hydrogen) atoms. The van der Waals surface area contributed by atoms with Gasteiger partial charge >= 0.3 is 6.09 Å². The van der Waals surface area contributed by atoms with Crippen molar-refractivity contribution in [2.24, 2.45) is 0 Å². The van der Waals surface area contributed by atoms with Crippen molar-refractivity contribution in [3.05, 3.63) is 107 Å². The largest absolute Gasteiger partial charge is 0.508 e. The van der Waals surface area contributed by atoms with Crippen molar-refractivity contribution >= 4 is 34.4 Å². The Morgan fingerprint density at radius 3 is 2.27 bits per heavy atom. The minimum absolute atomic E-state index is 0.0301. The fourth-order valence-electron chi connectivity index (χ4n) is 4.90. The molecule has 4 aromatic carbocycles. The fourth-order valence-corrected chi connectivity index (χ4v) is 4.90. The second-order valence-electron chi connectivity index (χ2n) is 11.6. The molecule has 0 spiro atoms. The summed E-state index contributed by atoms with van der Waals surface area (Å²) in [7, 11) is 0. The van der Waals surface area contributed by atoms with Gasteiger partial charge in [-0.3, -0.25) is 14.5 Å². The number of benzene rings is 4. The summed E-state index contributed by atoms with van der Waals surface area (Å²) in [5, 5.41) is 17.3. The minimum Gasteiger partial charge on any atom is -0.508 e. The number of hydrogen-bond acceptors (Lipinski definition) is 5. The molecule has 226 valence electrons. The molecule has 8 heteroatoms. The van der Waals surface area contributed by atoms with Crippen LogP contribution in [0.25, 0.3) is 10.8 Å². The van der Waals surface area contributed by atoms with Crippen LogP contribution < -0.4 is 10.6 Å². The predicted molar refractivity (Wildman–Crippen MR) is 172 cm³/mol. The first-order chi connectivity index (χ1) is 20.9. The Morgan fingerprint density at radius 1 is 0.932 bits per heavy atom. The van der Waals surface area contributed by atoms with Gasteiger partial charge < -0.3 is 20.5 Å². The van der Waals surface area contributed by atoms with Gasteiger partial charge in [0.15, 0.2) is 0 Å². The summed E-state index contributed by atoms with van der Waals surface area (Å²) in [6.45, 7) is 8.92. The summed E-state index contributed by atoms with van der Waals surface area (Å²) in [6.07, 6.45) is 5.21. The van der Waals surface area contributed by atoms with Gasteiger partial charge in [-0.15, -0.1) is 0 Å². The zero-order valence-corrected chi connectivity index (χ0v) is 25.5. The van der Waals surface area contributed by atoms with E-state index in [1.165, 1.54) is 12.1 Å². The molecule has 2 atom stereocenters. The molecule has 3 amide bonds. The van der Waals surface area contributed by atoms with E-state index in [1.54, 1.807) is 51.1 Å². The lowest BCUT2D eigenvalue weighted by atomic mass is 9.94. The Balaban J connectivity index is 1.74. The van der Waals surface area contributed by atoms with Gasteiger partial charge in [0.05, 0.1) is 0 Å². The van der Waals surface area contributed by atoms with Gasteiger partial charge in [0.1, 0.15) is 23.4 Å². The van der Waals surface area contributed by atoms with E-state index in [0.717, 1.165) is 26.8 Å². The average molecular weight is 592 g/mol. The number of fused-ring (bicyclic) bond motifs is 1. The van der Waals surface area contributed by atoms with Crippen molar-refractivity contribution in [3.63, 3.8) is 0 Å². The number of phenols is 1. The van der Waals surface area contributed by atoms with Crippen molar-refractivity contribution < 1.29 is 24.2 Å². The third-order valence-corrected chi connectivity index (χ3v) is 7.21. The molecule has 0 saturated heterocycles. The topological polar surface area (TPSA) is 108 Å². The van der Waals surface area contributed by atoms with E-state index in [2.05, 4.69) is 16.7 Å². The first kappa shape index (κ1) is 31.6. The Kier molecular flexibility index (Phi) is 9.60. The van der Waals surface area contributed by atoms with Gasteiger partial charge in [-0.1, -0.05) is 67.1 Å². The highest BCUT2D eigenvalue weighted by Gasteiger charge is 2.37. The molecular formula is C36H37N3O5. The van der Waals surface area contributed by atoms with Gasteiger partial charge in [0.25, 0.3) is 11.8 Å². The van der Waals surface area contributed by atoms with Gasteiger partial charge in [-0.2, -0.15) is 0 Å². The lowest BCUT2D eigenvalue weighted by Crippen LogP contribution is -2.51. The summed E-state index contributed by atoms with van der Waals surface area (Å²) in [5.74, 6) is -1.13. The number of aryl methyl sites for hydroxylation is 1. The van der Waals surface area contributed by atoms with Crippen molar-refractivity contribution in [2.45, 2.75) is 58.7 Å². The van der Waals surface area contributed by atoms with Crippen LogP contribution in [-0.2, 0) is 20.7 Å². The monoisotopic (exact) mass is 591 g/mol. The highest BCUT2D eigenvalue weighted by Crippen LogP contribution is 2.29. The molecule has 0 radical (unpaired) electrons. The van der Waals surface area contributed by atoms with Crippen LogP contribution in [0, 0.1) is 26.3 Å². The normalized spacial score (nSPS) is 12.5. The molecule has 0 bridgehead atoms. The number of rotatable bonds is 8. The van der Waals surface area contributed by atoms with Crippen LogP contribution in [0.1, 0.15) is 49.1 Å². The number of nitrogens with zero attached hydrogens (tertiary/aromatic N) is 1. The van der Waals surface area contributed by atoms with Gasteiger partial charge in [0.2, 0.25) is 0 Å². The predicted octanol–water partition coefficient (Wildman–Crippen LogP) is 6.40. The van der Waals surface area contributed by atoms with E-state index < -0.39 is 35.6 Å². The number of amides is 3. The van der Waals surface area contributed by atoms with Crippen molar-refractivity contribution in [1.82, 2.24) is 10.2 Å². The van der Waals surface area contributed by atoms with Crippen LogP contribution in [0.4, 0.5) is 10.5 Å². The average Bonchev–Trinajstić information content (AvgIpc) is 2.97. The second kappa shape index (κ2) is 13.3. The van der Waals surface area contributed by atoms with Crippen LogP contribution in [0.5, 0.6) is 5.75 Å². The van der Waals surface area contributed by atoms with Crippen molar-refractivity contribution in [1.29, 1.82) is 0 Å². The Hall–Kier alpha value is -5.29. The summed E-state index contributed by atoms with van der Waals surface area (Å²) in [5.41, 5.74) is 2.65. The summed E-state index contributed by atoms with van der Waals surface area (Å²) in [4.78, 5) is 42.3. The SMILES string of the molecule is C#CN(C(=O)C(Cc1ccc(O)cc1)NC(=O)OC(C)(C)C)C(C(=O)Nc1ccc2ccccc2c1)c1cccc(C)c1C. The number of aromatic hydroxyl groups is 1. The number of ether oxygens (including phenoxy) is 1. The number of terminal acetylenes is 1. The van der Waals surface area contributed by atoms with Crippen LogP contribution in [-0.4, -0.2) is 39.6 Å². The van der Waals surface area contributed by atoms with Crippen LogP contribution in [0.15, 0.2) is 84.9 Å². The highest BCUT2D eigenvalue weighted by atomic mass is 16.6. The fraction of sp³-hybridized carbons (Fsp3) is 0.250. The van der Waals surface area contributed by atoms with Crippen LogP contribution >= 0.6 is 0 Å². The number of anilines is 1. The molecule has 0 aromatic heterocycles. The molecule has 2 unspecified atom stereocenters. The molecule has 4 rings (SSSR count). The van der Waals surface area contributed by atoms with E-state index in [-0.39, 0.29) is 12.2 Å². The summed E-state index contributed by atoms with van der Waals surface area (Å²) < 4.78 is 5.44. The first-order valence-electron chi connectivity index (χ1n) is 14.3. The van der Waals surface area contributed by atoms with Gasteiger partial charge in [0, 0.05) is 18.2 Å². The molecule has 8 nitrogen and oxygen atoms in total. The smallest absolute Gasteiger partial charge is 0.408 e. The maximum absolute atomic E-state index is 14.3. The standard InChI is InChI=1S/C36H37N3O5/c1-7-39(34(42)31(38-35(43)44-36(4,5)6)21-25-15-19-29(40)20-16-25)32(30-14-10-11-23(2)24(30)3)33(41)37-28-18-17-26-12-8-9-13-27(26)22-28/h1,8-20,22,31-32,40H,21H2,2-6H3,(H,37,41)(H,38,43). The Bertz CT molecular complexity index is 1720. The maximum atomic E-state index is 14.3. The minimum atomic E-state index is -1.22. The molecule has 0 aliphatic rings. The molecule has 0 aliphatic carbocycles. The van der Waals surface area contributed by atoms with Crippen LogP contribution in [0.3, 0.4) is 0 Å². The zero-order chi connectivity index (χ0) is 32.0. The number of carbonyl (C=O) groups excluding carboxylic acids is 3. The second-order valence-corrected chi connectivity index (χ2v) is 11.6. The number of alkyl carbamates (subject to hydrolysis) is 1. The van der Waals surface area contributed by atoms with Crippen molar-refractivity contribution in [3.8, 4) is 18.2 Å². The number of nitrogens with one attached hydrogen (secondary N) is 2. The molecule has 0 saturated carbocycles. The molecule has 0 fully saturated rings. The van der Waals surface area contributed by atoms with Gasteiger partial charge in [-0.05, 0) is 91.9 Å². The molecule has 4 aromatic rings. The molecule has 0 heterocycles. The number of phenolic OH excluding ortho intramolecular Hbond substituents is 1. The van der Waals surface area contributed by atoms with E-state index >= 15 is 0 Å². The third kappa shape index (κ3) is 7.75. The first-order valence-corrected chi connectivity index (χ1v) is 14.3. The Morgan fingerprint density at radius 2 is 1.61 bits per heavy atom. The zero-order valence-electron chi connectivity index (χ0n) is 25.5. The van der Waals surface area contributed by atoms with E-state index in [9.17, 15) is 19.5 Å². The number of carbonyl (C=O) groups is 3. The molecule has 0 aliphatic heterocycles. The summed E-state index contributed by atoms with van der Waals surface area (Å²) >= 11 is 0. The lowest BCUT2D eigenvalue weighted by Gasteiger charge is -2.31.